The topological polar surface area (TPSA) is 26.3 Å². The zero-order chi connectivity index (χ0) is 15.3. The molecule has 2 heterocycles. The van der Waals surface area contributed by atoms with Gasteiger partial charge >= 0.3 is 0 Å². The third-order valence-corrected chi connectivity index (χ3v) is 5.75. The van der Waals surface area contributed by atoms with Crippen molar-refractivity contribution in [3.05, 3.63) is 35.1 Å². The number of fused-ring (bicyclic) bond motifs is 1. The van der Waals surface area contributed by atoms with E-state index in [2.05, 4.69) is 39.8 Å². The van der Waals surface area contributed by atoms with Crippen LogP contribution in [0.5, 0.6) is 0 Å². The first kappa shape index (κ1) is 14.6. The minimum atomic E-state index is -0.272. The van der Waals surface area contributed by atoms with Gasteiger partial charge in [-0.3, -0.25) is 4.79 Å². The molecule has 0 aromatic heterocycles. The maximum Gasteiger partial charge on any atom is 0.166 e. The normalized spacial score (nSPS) is 42.2. The Hall–Kier alpha value is -1.31. The van der Waals surface area contributed by atoms with Gasteiger partial charge in [-0.05, 0) is 57.6 Å². The minimum Gasteiger partial charge on any atom is -0.486 e. The Morgan fingerprint density at radius 3 is 2.81 bits per heavy atom. The van der Waals surface area contributed by atoms with Crippen molar-refractivity contribution >= 4 is 5.78 Å². The Labute approximate surface area is 127 Å². The molecule has 0 saturated carbocycles. The Balaban J connectivity index is 2.11. The highest BCUT2D eigenvalue weighted by atomic mass is 16.5. The lowest BCUT2D eigenvalue weighted by molar-refractivity contribution is -0.120. The molecule has 0 N–H and O–H groups in total. The highest BCUT2D eigenvalue weighted by molar-refractivity contribution is 6.00. The molecule has 2 bridgehead atoms. The minimum absolute atomic E-state index is 0.0261. The van der Waals surface area contributed by atoms with E-state index in [-0.39, 0.29) is 16.8 Å². The summed E-state index contributed by atoms with van der Waals surface area (Å²) in [6.45, 7) is 8.86. The summed E-state index contributed by atoms with van der Waals surface area (Å²) in [5, 5.41) is 0. The van der Waals surface area contributed by atoms with Gasteiger partial charge in [0.15, 0.2) is 5.78 Å². The molecule has 21 heavy (non-hydrogen) atoms. The molecule has 3 aliphatic rings. The molecular weight excluding hydrogens is 260 g/mol. The molecule has 0 unspecified atom stereocenters. The van der Waals surface area contributed by atoms with Gasteiger partial charge < -0.3 is 4.74 Å². The zero-order valence-electron chi connectivity index (χ0n) is 13.7. The van der Waals surface area contributed by atoms with E-state index in [1.807, 2.05) is 6.08 Å². The summed E-state index contributed by atoms with van der Waals surface area (Å²) in [6, 6.07) is 0. The number of rotatable bonds is 0. The van der Waals surface area contributed by atoms with Crippen LogP contribution in [0.2, 0.25) is 0 Å². The molecule has 0 fully saturated rings. The molecule has 0 saturated heterocycles. The van der Waals surface area contributed by atoms with E-state index in [0.29, 0.717) is 12.3 Å². The van der Waals surface area contributed by atoms with E-state index in [1.54, 1.807) is 0 Å². The third-order valence-electron chi connectivity index (χ3n) is 5.75. The predicted molar refractivity (Wildman–Crippen MR) is 84.8 cm³/mol. The van der Waals surface area contributed by atoms with Crippen LogP contribution in [0, 0.1) is 11.3 Å². The molecule has 0 amide bonds. The average Bonchev–Trinajstić information content (AvgIpc) is 2.42. The molecule has 114 valence electrons. The lowest BCUT2D eigenvalue weighted by atomic mass is 9.64. The quantitative estimate of drug-likeness (QED) is 0.602. The molecule has 3 rings (SSSR count). The van der Waals surface area contributed by atoms with Gasteiger partial charge in [0.2, 0.25) is 0 Å². The van der Waals surface area contributed by atoms with Gasteiger partial charge in [0, 0.05) is 11.8 Å². The Bertz CT molecular complexity index is 566. The van der Waals surface area contributed by atoms with Crippen LogP contribution in [0.1, 0.15) is 59.8 Å². The van der Waals surface area contributed by atoms with E-state index in [9.17, 15) is 4.79 Å². The monoisotopic (exact) mass is 286 g/mol. The number of hydrogen-bond donors (Lipinski definition) is 0. The van der Waals surface area contributed by atoms with Gasteiger partial charge in [-0.15, -0.1) is 0 Å². The van der Waals surface area contributed by atoms with Crippen molar-refractivity contribution in [2.24, 2.45) is 11.3 Å². The molecule has 3 atom stereocenters. The number of carbonyl (C=O) groups is 1. The molecule has 0 aromatic rings. The van der Waals surface area contributed by atoms with Crippen LogP contribution < -0.4 is 0 Å². The van der Waals surface area contributed by atoms with E-state index < -0.39 is 0 Å². The number of hydrogen-bond acceptors (Lipinski definition) is 2. The lowest BCUT2D eigenvalue weighted by Gasteiger charge is -2.47. The van der Waals surface area contributed by atoms with Crippen LogP contribution in [-0.4, -0.2) is 11.4 Å². The van der Waals surface area contributed by atoms with E-state index in [1.165, 1.54) is 5.57 Å². The summed E-state index contributed by atoms with van der Waals surface area (Å²) < 4.78 is 6.44. The van der Waals surface area contributed by atoms with Gasteiger partial charge in [0.25, 0.3) is 0 Å². The van der Waals surface area contributed by atoms with Gasteiger partial charge in [0.1, 0.15) is 11.4 Å². The summed E-state index contributed by atoms with van der Waals surface area (Å²) in [5.74, 6) is 1.55. The largest absolute Gasteiger partial charge is 0.486 e. The van der Waals surface area contributed by atoms with Crippen molar-refractivity contribution in [2.75, 3.05) is 0 Å². The summed E-state index contributed by atoms with van der Waals surface area (Å²) >= 11 is 0. The highest BCUT2D eigenvalue weighted by Gasteiger charge is 2.47. The van der Waals surface area contributed by atoms with Gasteiger partial charge in [0.05, 0.1) is 5.57 Å². The summed E-state index contributed by atoms with van der Waals surface area (Å²) in [6.07, 6.45) is 11.3. The van der Waals surface area contributed by atoms with E-state index in [4.69, 9.17) is 4.74 Å². The van der Waals surface area contributed by atoms with Crippen LogP contribution in [0.4, 0.5) is 0 Å². The van der Waals surface area contributed by atoms with Crippen LogP contribution in [0.15, 0.2) is 35.1 Å². The Morgan fingerprint density at radius 2 is 2.05 bits per heavy atom. The summed E-state index contributed by atoms with van der Waals surface area (Å²) in [7, 11) is 0. The van der Waals surface area contributed by atoms with Crippen LogP contribution in [0.25, 0.3) is 0 Å². The van der Waals surface area contributed by atoms with Crippen molar-refractivity contribution in [1.82, 2.24) is 0 Å². The van der Waals surface area contributed by atoms with Crippen molar-refractivity contribution in [3.8, 4) is 0 Å². The fourth-order valence-electron chi connectivity index (χ4n) is 3.80. The molecule has 1 aliphatic carbocycles. The highest BCUT2D eigenvalue weighted by Crippen LogP contribution is 2.51. The van der Waals surface area contributed by atoms with Crippen LogP contribution in [0.3, 0.4) is 0 Å². The number of ketones is 1. The zero-order valence-corrected chi connectivity index (χ0v) is 13.7. The average molecular weight is 286 g/mol. The van der Waals surface area contributed by atoms with Gasteiger partial charge in [-0.25, -0.2) is 0 Å². The van der Waals surface area contributed by atoms with Crippen molar-refractivity contribution in [1.29, 1.82) is 0 Å². The van der Waals surface area contributed by atoms with E-state index in [0.717, 1.165) is 37.0 Å². The second kappa shape index (κ2) is 4.86. The first-order valence-corrected chi connectivity index (χ1v) is 8.16. The first-order chi connectivity index (χ1) is 9.84. The summed E-state index contributed by atoms with van der Waals surface area (Å²) in [5.41, 5.74) is 2.00. The number of ether oxygens (including phenoxy) is 1. The van der Waals surface area contributed by atoms with Crippen LogP contribution in [-0.2, 0) is 9.53 Å². The molecule has 0 radical (unpaired) electrons. The Kier molecular flexibility index (Phi) is 3.38. The smallest absolute Gasteiger partial charge is 0.166 e. The van der Waals surface area contributed by atoms with Crippen molar-refractivity contribution < 1.29 is 9.53 Å². The molecule has 0 aromatic carbocycles. The molecule has 2 aliphatic heterocycles. The van der Waals surface area contributed by atoms with Crippen molar-refractivity contribution in [3.63, 3.8) is 0 Å². The molecular formula is C19H26O2. The predicted octanol–water partition coefficient (Wildman–Crippen LogP) is 4.72. The van der Waals surface area contributed by atoms with Crippen molar-refractivity contribution in [2.45, 2.75) is 65.4 Å². The lowest BCUT2D eigenvalue weighted by Crippen LogP contribution is -2.42. The van der Waals surface area contributed by atoms with Gasteiger partial charge in [-0.2, -0.15) is 0 Å². The second-order valence-corrected chi connectivity index (χ2v) is 7.53. The summed E-state index contributed by atoms with van der Waals surface area (Å²) in [4.78, 5) is 12.4. The second-order valence-electron chi connectivity index (χ2n) is 7.53. The number of allylic oxidation sites excluding steroid dienone is 5. The maximum atomic E-state index is 12.4. The maximum absolute atomic E-state index is 12.4. The van der Waals surface area contributed by atoms with Gasteiger partial charge in [-0.1, -0.05) is 25.5 Å². The fraction of sp³-hybridized carbons (Fsp3) is 0.632. The standard InChI is InChI=1S/C19H26O2/c1-13-6-5-9-18(3)10-8-15-16(20)12-14(2)19(4,11-7-13)17(15)21-18/h6,8,10,14H,5,7,9,11-12H2,1-4H3/b13-6+/t14-,18-,19+/m0/s1. The Morgan fingerprint density at radius 1 is 1.29 bits per heavy atom. The third kappa shape index (κ3) is 2.39. The SMILES string of the molecule is C/C1=C\CC[C@@]2(C)C=CC3=C(O2)[C@](C)(CC1)[C@@H](C)CC3=O. The number of carbonyl (C=O) groups excluding carboxylic acids is 1. The molecule has 2 nitrogen and oxygen atoms in total. The van der Waals surface area contributed by atoms with Crippen LogP contribution >= 0.6 is 0 Å². The fourth-order valence-corrected chi connectivity index (χ4v) is 3.80. The number of Topliss-reactive ketones (excluding diaryl/α,β-unsaturated/α-hetero) is 1. The van der Waals surface area contributed by atoms with E-state index >= 15 is 0 Å². The molecule has 0 spiro atoms. The molecule has 2 heteroatoms. The first-order valence-electron chi connectivity index (χ1n) is 8.16.